The molecule has 0 radical (unpaired) electrons. The quantitative estimate of drug-likeness (QED) is 0.483. The minimum absolute atomic E-state index is 0.0498. The highest BCUT2D eigenvalue weighted by Gasteiger charge is 2.39. The van der Waals surface area contributed by atoms with Crippen molar-refractivity contribution in [3.05, 3.63) is 70.5 Å². The van der Waals surface area contributed by atoms with Gasteiger partial charge in [-0.1, -0.05) is 12.1 Å². The van der Waals surface area contributed by atoms with E-state index in [0.29, 0.717) is 30.1 Å². The van der Waals surface area contributed by atoms with Crippen LogP contribution in [0.15, 0.2) is 47.6 Å². The van der Waals surface area contributed by atoms with Crippen LogP contribution in [0.5, 0.6) is 0 Å². The van der Waals surface area contributed by atoms with E-state index in [-0.39, 0.29) is 24.8 Å². The standard InChI is InChI=1S/C23H23F7N4O3/c1-12(14-8-15(22(25,26)27)10-16(9-14)23(28,29)30)37-20-19(13-2-4-17(24)5-3-13)34(6-7-36-20)11-18-31-21(35)33-32-18/h2-5,8-10,12,19-21,33,35H,6-7,11H2,1H3,(H,31,32)/t12-,19+,20-,21?/m1/s1. The molecule has 2 aromatic rings. The molecule has 0 aliphatic carbocycles. The SMILES string of the molecule is C[C@@H](O[C@H]1OCCN(CC2=NNC(O)N2)[C@H]1c1ccc(F)cc1)c1cc(C(F)(F)F)cc(C(F)(F)F)c1. The van der Waals surface area contributed by atoms with Crippen LogP contribution in [0.4, 0.5) is 30.7 Å². The van der Waals surface area contributed by atoms with Crippen molar-refractivity contribution in [3.63, 3.8) is 0 Å². The van der Waals surface area contributed by atoms with E-state index >= 15 is 0 Å². The first-order valence-corrected chi connectivity index (χ1v) is 11.1. The number of alkyl halides is 6. The number of halogens is 7. The molecule has 0 aromatic heterocycles. The van der Waals surface area contributed by atoms with Crippen molar-refractivity contribution in [2.24, 2.45) is 5.10 Å². The first-order valence-electron chi connectivity index (χ1n) is 11.1. The molecule has 2 heterocycles. The molecule has 0 saturated carbocycles. The lowest BCUT2D eigenvalue weighted by atomic mass is 10.0. The van der Waals surface area contributed by atoms with Crippen molar-refractivity contribution >= 4 is 5.84 Å². The van der Waals surface area contributed by atoms with Crippen molar-refractivity contribution in [1.82, 2.24) is 15.6 Å². The van der Waals surface area contributed by atoms with Crippen LogP contribution in [-0.2, 0) is 21.8 Å². The molecule has 2 aliphatic rings. The molecule has 202 valence electrons. The van der Waals surface area contributed by atoms with Gasteiger partial charge in [-0.25, -0.2) is 4.39 Å². The third-order valence-electron chi connectivity index (χ3n) is 5.92. The second kappa shape index (κ2) is 10.4. The number of nitrogens with one attached hydrogen (secondary N) is 2. The van der Waals surface area contributed by atoms with Crippen LogP contribution in [0.1, 0.15) is 41.3 Å². The van der Waals surface area contributed by atoms with E-state index in [4.69, 9.17) is 9.47 Å². The summed E-state index contributed by atoms with van der Waals surface area (Å²) in [5, 5.41) is 16.3. The van der Waals surface area contributed by atoms with E-state index in [0.717, 1.165) is 0 Å². The van der Waals surface area contributed by atoms with Crippen LogP contribution in [0.25, 0.3) is 0 Å². The summed E-state index contributed by atoms with van der Waals surface area (Å²) in [6, 6.07) is 5.91. The Labute approximate surface area is 206 Å². The average Bonchev–Trinajstić information content (AvgIpc) is 3.23. The summed E-state index contributed by atoms with van der Waals surface area (Å²) >= 11 is 0. The van der Waals surface area contributed by atoms with E-state index in [9.17, 15) is 35.8 Å². The molecule has 0 bridgehead atoms. The molecule has 2 aromatic carbocycles. The van der Waals surface area contributed by atoms with E-state index in [1.807, 2.05) is 4.90 Å². The highest BCUT2D eigenvalue weighted by Crippen LogP contribution is 2.39. The lowest BCUT2D eigenvalue weighted by molar-refractivity contribution is -0.227. The zero-order valence-electron chi connectivity index (χ0n) is 19.3. The summed E-state index contributed by atoms with van der Waals surface area (Å²) in [6.07, 6.45) is -13.5. The van der Waals surface area contributed by atoms with Gasteiger partial charge in [-0.3, -0.25) is 10.3 Å². The molecule has 1 saturated heterocycles. The van der Waals surface area contributed by atoms with Crippen LogP contribution in [0.3, 0.4) is 0 Å². The van der Waals surface area contributed by atoms with Gasteiger partial charge in [0.15, 0.2) is 6.29 Å². The predicted octanol–water partition coefficient (Wildman–Crippen LogP) is 4.12. The first-order chi connectivity index (χ1) is 17.3. The highest BCUT2D eigenvalue weighted by atomic mass is 19.4. The van der Waals surface area contributed by atoms with E-state index in [2.05, 4.69) is 15.8 Å². The maximum atomic E-state index is 13.6. The Kier molecular flexibility index (Phi) is 7.65. The number of amidine groups is 1. The fourth-order valence-electron chi connectivity index (χ4n) is 4.14. The summed E-state index contributed by atoms with van der Waals surface area (Å²) in [4.78, 5) is 1.83. The molecular formula is C23H23F7N4O3. The molecular weight excluding hydrogens is 513 g/mol. The molecule has 4 rings (SSSR count). The summed E-state index contributed by atoms with van der Waals surface area (Å²) in [5.74, 6) is -0.128. The molecule has 7 nitrogen and oxygen atoms in total. The number of hydrogen-bond acceptors (Lipinski definition) is 7. The van der Waals surface area contributed by atoms with Gasteiger partial charge in [0.05, 0.1) is 36.4 Å². The number of aliphatic hydroxyl groups excluding tert-OH is 1. The summed E-state index contributed by atoms with van der Waals surface area (Å²) in [7, 11) is 0. The van der Waals surface area contributed by atoms with Crippen LogP contribution in [-0.4, -0.2) is 48.2 Å². The average molecular weight is 536 g/mol. The molecule has 3 N–H and O–H groups in total. The molecule has 1 fully saturated rings. The number of aliphatic hydroxyl groups is 1. The minimum atomic E-state index is -5.00. The van der Waals surface area contributed by atoms with Gasteiger partial charge in [-0.2, -0.15) is 31.4 Å². The largest absolute Gasteiger partial charge is 0.416 e. The fourth-order valence-corrected chi connectivity index (χ4v) is 4.14. The number of ether oxygens (including phenoxy) is 2. The van der Waals surface area contributed by atoms with Crippen molar-refractivity contribution in [2.45, 2.75) is 44.1 Å². The number of benzene rings is 2. The Morgan fingerprint density at radius 3 is 2.24 bits per heavy atom. The van der Waals surface area contributed by atoms with Crippen molar-refractivity contribution in [3.8, 4) is 0 Å². The lowest BCUT2D eigenvalue weighted by Crippen LogP contribution is -2.50. The lowest BCUT2D eigenvalue weighted by Gasteiger charge is -2.42. The third-order valence-corrected chi connectivity index (χ3v) is 5.92. The molecule has 2 aliphatic heterocycles. The Hall–Kier alpha value is -2.94. The fraction of sp³-hybridized carbons (Fsp3) is 0.435. The third kappa shape index (κ3) is 6.50. The monoisotopic (exact) mass is 536 g/mol. The number of hydrazone groups is 1. The maximum absolute atomic E-state index is 13.6. The van der Waals surface area contributed by atoms with Gasteiger partial charge in [-0.05, 0) is 48.4 Å². The Morgan fingerprint density at radius 2 is 1.70 bits per heavy atom. The van der Waals surface area contributed by atoms with Gasteiger partial charge in [0.25, 0.3) is 0 Å². The van der Waals surface area contributed by atoms with Gasteiger partial charge < -0.3 is 19.9 Å². The summed E-state index contributed by atoms with van der Waals surface area (Å²) < 4.78 is 105. The van der Waals surface area contributed by atoms with Crippen LogP contribution >= 0.6 is 0 Å². The Balaban J connectivity index is 1.64. The van der Waals surface area contributed by atoms with Crippen LogP contribution in [0, 0.1) is 5.82 Å². The predicted molar refractivity (Wildman–Crippen MR) is 116 cm³/mol. The second-order valence-corrected chi connectivity index (χ2v) is 8.56. The molecule has 14 heteroatoms. The van der Waals surface area contributed by atoms with Gasteiger partial charge in [0.1, 0.15) is 11.7 Å². The molecule has 37 heavy (non-hydrogen) atoms. The number of morpholine rings is 1. The van der Waals surface area contributed by atoms with E-state index in [1.165, 1.54) is 31.2 Å². The molecule has 1 unspecified atom stereocenters. The summed E-state index contributed by atoms with van der Waals surface area (Å²) in [5.41, 5.74) is -0.281. The Morgan fingerprint density at radius 1 is 1.08 bits per heavy atom. The first kappa shape index (κ1) is 27.1. The number of rotatable bonds is 6. The molecule has 4 atom stereocenters. The molecule has 0 amide bonds. The minimum Gasteiger partial charge on any atom is -0.355 e. The number of nitrogens with zero attached hydrogens (tertiary/aromatic N) is 2. The second-order valence-electron chi connectivity index (χ2n) is 8.56. The maximum Gasteiger partial charge on any atom is 0.416 e. The zero-order valence-corrected chi connectivity index (χ0v) is 19.3. The summed E-state index contributed by atoms with van der Waals surface area (Å²) in [6.45, 7) is 1.94. The van der Waals surface area contributed by atoms with Crippen LogP contribution < -0.4 is 10.7 Å². The van der Waals surface area contributed by atoms with E-state index in [1.54, 1.807) is 0 Å². The Bertz CT molecular complexity index is 1090. The van der Waals surface area contributed by atoms with Crippen molar-refractivity contribution < 1.29 is 45.3 Å². The number of hydrogen-bond donors (Lipinski definition) is 3. The molecule has 0 spiro atoms. The topological polar surface area (TPSA) is 78.4 Å². The highest BCUT2D eigenvalue weighted by molar-refractivity contribution is 5.85. The normalized spacial score (nSPS) is 23.8. The smallest absolute Gasteiger partial charge is 0.355 e. The van der Waals surface area contributed by atoms with Crippen molar-refractivity contribution in [2.75, 3.05) is 19.7 Å². The van der Waals surface area contributed by atoms with E-state index < -0.39 is 54.1 Å². The zero-order chi connectivity index (χ0) is 27.0. The van der Waals surface area contributed by atoms with Gasteiger partial charge >= 0.3 is 12.4 Å². The van der Waals surface area contributed by atoms with Gasteiger partial charge in [0, 0.05) is 6.54 Å². The van der Waals surface area contributed by atoms with Gasteiger partial charge in [-0.15, -0.1) is 0 Å². The van der Waals surface area contributed by atoms with Crippen LogP contribution in [0.2, 0.25) is 0 Å². The van der Waals surface area contributed by atoms with Gasteiger partial charge in [0.2, 0.25) is 6.35 Å². The van der Waals surface area contributed by atoms with Crippen molar-refractivity contribution in [1.29, 1.82) is 0 Å².